The van der Waals surface area contributed by atoms with Crippen LogP contribution in [0.4, 0.5) is 0 Å². The molecule has 0 heterocycles. The molecule has 2 nitrogen and oxygen atoms in total. The summed E-state index contributed by atoms with van der Waals surface area (Å²) in [7, 11) is 0. The van der Waals surface area contributed by atoms with Gasteiger partial charge in [-0.05, 0) is 48.1 Å². The molecule has 2 N–H and O–H groups in total. The average Bonchev–Trinajstić information content (AvgIpc) is 2.46. The molecular weight excluding hydrogens is 258 g/mol. The largest absolute Gasteiger partial charge is 0.489 e. The van der Waals surface area contributed by atoms with Crippen LogP contribution >= 0.6 is 0 Å². The van der Waals surface area contributed by atoms with Crippen molar-refractivity contribution in [2.24, 2.45) is 5.73 Å². The minimum absolute atomic E-state index is 0.0568. The fourth-order valence-corrected chi connectivity index (χ4v) is 2.28. The SMILES string of the molecule is Cc1cc([C@H](C)N)ccc1OCc1ccc(C(C)C)cc1. The normalized spacial score (nSPS) is 12.5. The monoisotopic (exact) mass is 283 g/mol. The second-order valence-electron chi connectivity index (χ2n) is 6.00. The van der Waals surface area contributed by atoms with E-state index in [1.807, 2.05) is 19.1 Å². The van der Waals surface area contributed by atoms with Crippen LogP contribution in [0.3, 0.4) is 0 Å². The van der Waals surface area contributed by atoms with Crippen molar-refractivity contribution in [1.29, 1.82) is 0 Å². The molecule has 0 saturated heterocycles. The van der Waals surface area contributed by atoms with Gasteiger partial charge in [0.25, 0.3) is 0 Å². The zero-order valence-electron chi connectivity index (χ0n) is 13.4. The minimum Gasteiger partial charge on any atom is -0.489 e. The summed E-state index contributed by atoms with van der Waals surface area (Å²) in [6, 6.07) is 14.8. The van der Waals surface area contributed by atoms with Gasteiger partial charge in [-0.2, -0.15) is 0 Å². The van der Waals surface area contributed by atoms with Gasteiger partial charge in [0.05, 0.1) is 0 Å². The van der Waals surface area contributed by atoms with Crippen molar-refractivity contribution in [2.75, 3.05) is 0 Å². The molecule has 2 heteroatoms. The van der Waals surface area contributed by atoms with E-state index in [1.54, 1.807) is 0 Å². The highest BCUT2D eigenvalue weighted by molar-refractivity contribution is 5.37. The lowest BCUT2D eigenvalue weighted by Gasteiger charge is -2.13. The van der Waals surface area contributed by atoms with Crippen molar-refractivity contribution in [3.8, 4) is 5.75 Å². The van der Waals surface area contributed by atoms with Gasteiger partial charge in [0.1, 0.15) is 12.4 Å². The van der Waals surface area contributed by atoms with Crippen LogP contribution < -0.4 is 10.5 Å². The zero-order valence-corrected chi connectivity index (χ0v) is 13.4. The third kappa shape index (κ3) is 4.08. The van der Waals surface area contributed by atoms with Gasteiger partial charge >= 0.3 is 0 Å². The van der Waals surface area contributed by atoms with E-state index < -0.39 is 0 Å². The van der Waals surface area contributed by atoms with E-state index in [9.17, 15) is 0 Å². The molecule has 0 spiro atoms. The van der Waals surface area contributed by atoms with Gasteiger partial charge in [0.2, 0.25) is 0 Å². The fourth-order valence-electron chi connectivity index (χ4n) is 2.28. The lowest BCUT2D eigenvalue weighted by molar-refractivity contribution is 0.304. The van der Waals surface area contributed by atoms with Gasteiger partial charge in [0, 0.05) is 6.04 Å². The molecule has 0 aliphatic rings. The Labute approximate surface area is 127 Å². The zero-order chi connectivity index (χ0) is 15.4. The number of ether oxygens (including phenoxy) is 1. The van der Waals surface area contributed by atoms with Gasteiger partial charge in [-0.3, -0.25) is 0 Å². The summed E-state index contributed by atoms with van der Waals surface area (Å²) in [6.45, 7) is 9.05. The molecule has 0 aliphatic heterocycles. The molecule has 21 heavy (non-hydrogen) atoms. The van der Waals surface area contributed by atoms with Crippen LogP contribution in [-0.2, 0) is 6.61 Å². The molecule has 2 aromatic rings. The van der Waals surface area contributed by atoms with Gasteiger partial charge in [0.15, 0.2) is 0 Å². The molecular formula is C19H25NO. The Morgan fingerprint density at radius 1 is 0.952 bits per heavy atom. The highest BCUT2D eigenvalue weighted by Gasteiger charge is 2.05. The second-order valence-corrected chi connectivity index (χ2v) is 6.00. The fraction of sp³-hybridized carbons (Fsp3) is 0.368. The predicted molar refractivity (Wildman–Crippen MR) is 88.6 cm³/mol. The van der Waals surface area contributed by atoms with Crippen LogP contribution in [0.5, 0.6) is 5.75 Å². The smallest absolute Gasteiger partial charge is 0.122 e. The van der Waals surface area contributed by atoms with E-state index in [2.05, 4.69) is 51.1 Å². The summed E-state index contributed by atoms with van der Waals surface area (Å²) in [5.41, 5.74) is 10.7. The first kappa shape index (κ1) is 15.6. The lowest BCUT2D eigenvalue weighted by Crippen LogP contribution is -2.05. The van der Waals surface area contributed by atoms with Crippen LogP contribution in [-0.4, -0.2) is 0 Å². The molecule has 0 unspecified atom stereocenters. The number of rotatable bonds is 5. The van der Waals surface area contributed by atoms with E-state index in [-0.39, 0.29) is 6.04 Å². The van der Waals surface area contributed by atoms with Crippen molar-refractivity contribution in [1.82, 2.24) is 0 Å². The van der Waals surface area contributed by atoms with Crippen LogP contribution in [0, 0.1) is 6.92 Å². The molecule has 0 radical (unpaired) electrons. The number of aryl methyl sites for hydroxylation is 1. The Bertz CT molecular complexity index is 585. The summed E-state index contributed by atoms with van der Waals surface area (Å²) in [5, 5.41) is 0. The topological polar surface area (TPSA) is 35.2 Å². The molecule has 0 amide bonds. The van der Waals surface area contributed by atoms with Gasteiger partial charge in [-0.1, -0.05) is 50.2 Å². The van der Waals surface area contributed by atoms with Crippen LogP contribution in [0.2, 0.25) is 0 Å². The Kier molecular flexibility index (Phi) is 5.03. The maximum absolute atomic E-state index is 5.92. The standard InChI is InChI=1S/C19H25NO/c1-13(2)17-7-5-16(6-8-17)12-21-19-10-9-18(15(4)20)11-14(19)3/h5-11,13,15H,12,20H2,1-4H3/t15-/m0/s1. The number of benzene rings is 2. The average molecular weight is 283 g/mol. The van der Waals surface area contributed by atoms with Crippen molar-refractivity contribution in [3.05, 3.63) is 64.7 Å². The van der Waals surface area contributed by atoms with E-state index >= 15 is 0 Å². The van der Waals surface area contributed by atoms with E-state index in [4.69, 9.17) is 10.5 Å². The predicted octanol–water partition coefficient (Wildman–Crippen LogP) is 4.72. The summed E-state index contributed by atoms with van der Waals surface area (Å²) in [5.74, 6) is 1.49. The van der Waals surface area contributed by atoms with E-state index in [0.29, 0.717) is 12.5 Å². The molecule has 0 aliphatic carbocycles. The molecule has 112 valence electrons. The molecule has 1 atom stereocenters. The van der Waals surface area contributed by atoms with Crippen LogP contribution in [0.25, 0.3) is 0 Å². The molecule has 0 fully saturated rings. The van der Waals surface area contributed by atoms with Gasteiger partial charge in [-0.15, -0.1) is 0 Å². The van der Waals surface area contributed by atoms with Crippen LogP contribution in [0.15, 0.2) is 42.5 Å². The first-order chi connectivity index (χ1) is 9.97. The molecule has 0 aromatic heterocycles. The third-order valence-corrected chi connectivity index (χ3v) is 3.77. The summed E-state index contributed by atoms with van der Waals surface area (Å²) >= 11 is 0. The highest BCUT2D eigenvalue weighted by Crippen LogP contribution is 2.23. The van der Waals surface area contributed by atoms with Gasteiger partial charge < -0.3 is 10.5 Å². The van der Waals surface area contributed by atoms with Crippen LogP contribution in [0.1, 0.15) is 55.0 Å². The quantitative estimate of drug-likeness (QED) is 0.862. The van der Waals surface area contributed by atoms with E-state index in [0.717, 1.165) is 16.9 Å². The highest BCUT2D eigenvalue weighted by atomic mass is 16.5. The molecule has 2 rings (SSSR count). The summed E-state index contributed by atoms with van der Waals surface area (Å²) < 4.78 is 5.92. The molecule has 0 saturated carbocycles. The van der Waals surface area contributed by atoms with Crippen molar-refractivity contribution >= 4 is 0 Å². The van der Waals surface area contributed by atoms with Gasteiger partial charge in [-0.25, -0.2) is 0 Å². The maximum Gasteiger partial charge on any atom is 0.122 e. The lowest BCUT2D eigenvalue weighted by atomic mass is 10.0. The number of nitrogens with two attached hydrogens (primary N) is 1. The molecule has 2 aromatic carbocycles. The third-order valence-electron chi connectivity index (χ3n) is 3.77. The first-order valence-electron chi connectivity index (χ1n) is 7.55. The minimum atomic E-state index is 0.0568. The van der Waals surface area contributed by atoms with Crippen molar-refractivity contribution < 1.29 is 4.74 Å². The van der Waals surface area contributed by atoms with E-state index in [1.165, 1.54) is 11.1 Å². The molecule has 0 bridgehead atoms. The maximum atomic E-state index is 5.92. The first-order valence-corrected chi connectivity index (χ1v) is 7.55. The number of hydrogen-bond donors (Lipinski definition) is 1. The number of hydrogen-bond acceptors (Lipinski definition) is 2. The Morgan fingerprint density at radius 2 is 1.57 bits per heavy atom. The summed E-state index contributed by atoms with van der Waals surface area (Å²) in [4.78, 5) is 0. The van der Waals surface area contributed by atoms with Crippen molar-refractivity contribution in [2.45, 2.75) is 46.3 Å². The summed E-state index contributed by atoms with van der Waals surface area (Å²) in [6.07, 6.45) is 0. The Balaban J connectivity index is 2.02. The Morgan fingerprint density at radius 3 is 2.10 bits per heavy atom. The Hall–Kier alpha value is -1.80. The van der Waals surface area contributed by atoms with Crippen molar-refractivity contribution in [3.63, 3.8) is 0 Å². The second kappa shape index (κ2) is 6.77.